The van der Waals surface area contributed by atoms with E-state index in [0.29, 0.717) is 11.5 Å². The van der Waals surface area contributed by atoms with Gasteiger partial charge in [0.15, 0.2) is 6.17 Å². The number of nitrogens with two attached hydrogens (primary N) is 1. The maximum atomic E-state index is 15.0. The fourth-order valence-corrected chi connectivity index (χ4v) is 10.00. The number of hydrogen-bond donors (Lipinski definition) is 5. The molecule has 61 heavy (non-hydrogen) atoms. The number of benzene rings is 2. The molecule has 352 valence electrons. The van der Waals surface area contributed by atoms with Gasteiger partial charge in [0.25, 0.3) is 12.7 Å². The minimum Gasteiger partial charge on any atom is -0.445 e. The van der Waals surface area contributed by atoms with Gasteiger partial charge in [-0.15, -0.1) is 12.4 Å². The molecule has 2 heterocycles. The first-order valence-electron chi connectivity index (χ1n) is 18.1. The number of aliphatic hydroxyl groups is 3. The number of nitrogens with one attached hydrogen (secondary N) is 1. The Morgan fingerprint density at radius 3 is 1.59 bits per heavy atom. The van der Waals surface area contributed by atoms with Crippen molar-refractivity contribution in [1.29, 1.82) is 0 Å². The fraction of sp³-hybridized carbons (Fsp3) is 0.611. The van der Waals surface area contributed by atoms with Crippen LogP contribution in [0.15, 0.2) is 60.7 Å². The molecule has 2 saturated heterocycles. The standard InChI is InChI=1S/C18H26F2NO6P.C6H5Cl2OP.C6H10F2O3.C6H13NO2.ClH.2W/c1-11(2)25-17(23)12(3)21-28(27-14-8-6-5-7-9-14)24-10-18(20)16(22)15(19)13(4)26-18;7-10(8)9-6-4-2-1-3-5-6;1-3-4(7)5(10)6(8,2-9)11-3;1-4(2)9-6(8)5(3)7;;;/h5-9,11-13,15-16,21-22H,10H2,1-4H3;1-5H;3-5,9-10H,2H2,1H3;4-5H,7H2,1-3H3;1H;;/t12?,13-,15-,16-,18+,28?;;3-,4-,5-,6+;;;;/m0.0..../s1. The predicted molar refractivity (Wildman–Crippen MR) is 219 cm³/mol. The Morgan fingerprint density at radius 1 is 0.852 bits per heavy atom. The molecule has 2 aromatic carbocycles. The van der Waals surface area contributed by atoms with E-state index >= 15 is 0 Å². The third kappa shape index (κ3) is 22.5. The van der Waals surface area contributed by atoms with Crippen molar-refractivity contribution >= 4 is 59.2 Å². The van der Waals surface area contributed by atoms with E-state index in [-0.39, 0.29) is 51.6 Å². The SMILES string of the molecule is CC(C)OC(=O)C(C)N.CC(C)OC(=O)C(C)N[P](=[W])(OC[C@@]1(F)O[C@@H](C)[C@H](F)[C@@H]1O)Oc1ccccc1.C[C@@H]1O[C@](F)(CO)[C@@H](O)[C@H]1F.Cl.ClP(Cl)Oc1ccccc1.[W]. The van der Waals surface area contributed by atoms with Gasteiger partial charge < -0.3 is 29.9 Å². The number of rotatable bonds is 14. The normalized spacial score (nSPS) is 27.2. The summed E-state index contributed by atoms with van der Waals surface area (Å²) in [6.07, 6.45) is -10.0. The molecule has 2 aliphatic heterocycles. The molecule has 0 bridgehead atoms. The molecule has 0 aliphatic carbocycles. The summed E-state index contributed by atoms with van der Waals surface area (Å²) in [5, 5.41) is 30.1. The largest absolute Gasteiger partial charge is 0.445 e. The average Bonchev–Trinajstić information content (AvgIpc) is 3.48. The molecule has 0 amide bonds. The molecular formula is C36H55Cl3F4N2O12P2W2. The molecular weight excluding hydrogens is 1260 g/mol. The van der Waals surface area contributed by atoms with Gasteiger partial charge in [0.1, 0.15) is 24.5 Å². The third-order valence-electron chi connectivity index (χ3n) is 7.46. The first-order chi connectivity index (χ1) is 27.3. The van der Waals surface area contributed by atoms with E-state index in [4.69, 9.17) is 66.2 Å². The number of halogens is 7. The van der Waals surface area contributed by atoms with E-state index in [9.17, 15) is 32.3 Å². The summed E-state index contributed by atoms with van der Waals surface area (Å²) in [5.74, 6) is -5.05. The molecule has 0 aromatic heterocycles. The van der Waals surface area contributed by atoms with Crippen molar-refractivity contribution in [2.45, 2.75) is 128 Å². The van der Waals surface area contributed by atoms with Crippen molar-refractivity contribution in [3.63, 3.8) is 0 Å². The molecule has 2 fully saturated rings. The van der Waals surface area contributed by atoms with Gasteiger partial charge in [0.05, 0.1) is 12.2 Å². The second-order valence-corrected chi connectivity index (χ2v) is 23.4. The van der Waals surface area contributed by atoms with Gasteiger partial charge >= 0.3 is 185 Å². The van der Waals surface area contributed by atoms with E-state index < -0.39 is 92.1 Å². The molecule has 2 aromatic rings. The van der Waals surface area contributed by atoms with E-state index in [1.165, 1.54) is 13.8 Å². The van der Waals surface area contributed by atoms with Crippen molar-refractivity contribution < 1.29 is 115 Å². The summed E-state index contributed by atoms with van der Waals surface area (Å²) in [7, 11) is 0. The number of aliphatic hydroxyl groups excluding tert-OH is 3. The topological polar surface area (TPSA) is 197 Å². The van der Waals surface area contributed by atoms with Gasteiger partial charge in [-0.25, -0.2) is 8.78 Å². The molecule has 4 rings (SSSR count). The number of para-hydroxylation sites is 2. The summed E-state index contributed by atoms with van der Waals surface area (Å²) in [4.78, 5) is 22.8. The van der Waals surface area contributed by atoms with Gasteiger partial charge in [-0.2, -0.15) is 0 Å². The number of ether oxygens (including phenoxy) is 4. The van der Waals surface area contributed by atoms with Crippen LogP contribution in [-0.4, -0.2) is 113 Å². The Bertz CT molecular complexity index is 1600. The molecule has 0 saturated carbocycles. The van der Waals surface area contributed by atoms with Crippen LogP contribution in [0.1, 0.15) is 55.4 Å². The Labute approximate surface area is 395 Å². The monoisotopic (exact) mass is 1320 g/mol. The second kappa shape index (κ2) is 29.9. The van der Waals surface area contributed by atoms with Crippen LogP contribution < -0.4 is 19.9 Å². The molecule has 14 nitrogen and oxygen atoms in total. The molecule has 0 radical (unpaired) electrons. The van der Waals surface area contributed by atoms with E-state index in [1.54, 1.807) is 84.0 Å². The molecule has 0 spiro atoms. The van der Waals surface area contributed by atoms with Crippen LogP contribution in [0.4, 0.5) is 17.6 Å². The van der Waals surface area contributed by atoms with Gasteiger partial charge in [-0.05, 0) is 62.3 Å². The maximum Gasteiger partial charge on any atom is 0.284 e. The van der Waals surface area contributed by atoms with Crippen LogP contribution in [-0.2, 0) is 72.9 Å². The number of esters is 2. The number of carbonyl (C=O) groups is 2. The smallest absolute Gasteiger partial charge is 0.284 e. The summed E-state index contributed by atoms with van der Waals surface area (Å²) in [6.45, 7) is 9.71. The first kappa shape index (κ1) is 62.6. The van der Waals surface area contributed by atoms with Crippen LogP contribution in [0.2, 0.25) is 0 Å². The van der Waals surface area contributed by atoms with E-state index in [1.807, 2.05) is 18.2 Å². The Morgan fingerprint density at radius 2 is 1.26 bits per heavy atom. The fourth-order valence-electron chi connectivity index (χ4n) is 4.53. The molecule has 25 heteroatoms. The zero-order valence-corrected chi connectivity index (χ0v) is 44.4. The minimum absolute atomic E-state index is 0. The average molecular weight is 1320 g/mol. The van der Waals surface area contributed by atoms with Crippen molar-refractivity contribution in [2.24, 2.45) is 5.73 Å². The van der Waals surface area contributed by atoms with Gasteiger partial charge in [0, 0.05) is 21.1 Å². The Kier molecular flexibility index (Phi) is 30.7. The Hall–Kier alpha value is -0.513. The molecule has 2 aliphatic rings. The first-order valence-corrected chi connectivity index (χ1v) is 26.6. The van der Waals surface area contributed by atoms with Crippen molar-refractivity contribution in [2.75, 3.05) is 13.2 Å². The third-order valence-corrected chi connectivity index (χ3v) is 12.9. The summed E-state index contributed by atoms with van der Waals surface area (Å²) in [5.41, 5.74) is 2.18. The van der Waals surface area contributed by atoms with Gasteiger partial charge in [0.2, 0.25) is 0 Å². The van der Waals surface area contributed by atoms with Crippen molar-refractivity contribution in [3.8, 4) is 11.5 Å². The van der Waals surface area contributed by atoms with Crippen LogP contribution in [0.3, 0.4) is 0 Å². The van der Waals surface area contributed by atoms with E-state index in [0.717, 1.165) is 18.8 Å². The molecule has 11 atom stereocenters. The van der Waals surface area contributed by atoms with Gasteiger partial charge in [-0.1, -0.05) is 18.2 Å². The maximum absolute atomic E-state index is 15.0. The molecule has 3 unspecified atom stereocenters. The van der Waals surface area contributed by atoms with Crippen LogP contribution in [0, 0.1) is 0 Å². The minimum atomic E-state index is -3.03. The summed E-state index contributed by atoms with van der Waals surface area (Å²) in [6, 6.07) is 16.6. The number of carbonyl (C=O) groups excluding carboxylic acids is 2. The molecule has 6 N–H and O–H groups in total. The van der Waals surface area contributed by atoms with Crippen LogP contribution in [0.25, 0.3) is 0 Å². The quantitative estimate of drug-likeness (QED) is 0.0720. The van der Waals surface area contributed by atoms with Crippen molar-refractivity contribution in [3.05, 3.63) is 60.7 Å². The summed E-state index contributed by atoms with van der Waals surface area (Å²) >= 11 is 11.6. The number of alkyl halides is 4. The van der Waals surface area contributed by atoms with Gasteiger partial charge in [-0.3, -0.25) is 4.79 Å². The Balaban J connectivity index is 0. The zero-order chi connectivity index (χ0) is 45.3. The van der Waals surface area contributed by atoms with Crippen molar-refractivity contribution in [1.82, 2.24) is 5.09 Å². The number of hydrogen-bond acceptors (Lipinski definition) is 14. The zero-order valence-electron chi connectivity index (χ0n) is 34.4. The second-order valence-electron chi connectivity index (χ2n) is 13.5. The van der Waals surface area contributed by atoms with Crippen LogP contribution in [0.5, 0.6) is 11.5 Å². The van der Waals surface area contributed by atoms with E-state index in [2.05, 4.69) is 9.82 Å². The van der Waals surface area contributed by atoms with Crippen LogP contribution >= 0.6 is 47.2 Å². The predicted octanol–water partition coefficient (Wildman–Crippen LogP) is 7.26. The summed E-state index contributed by atoms with van der Waals surface area (Å²) < 4.78 is 90.3.